The monoisotopic (exact) mass is 300 g/mol. The van der Waals surface area contributed by atoms with E-state index >= 15 is 0 Å². The average Bonchev–Trinajstić information content (AvgIpc) is 3.17. The molecular formula is C14H21FN2O2S. The minimum absolute atomic E-state index is 0.0403. The van der Waals surface area contributed by atoms with Gasteiger partial charge in [0, 0.05) is 18.7 Å². The Hall–Kier alpha value is -0.980. The molecule has 1 aromatic rings. The molecule has 6 heteroatoms. The number of hydrogen-bond acceptors (Lipinski definition) is 3. The van der Waals surface area contributed by atoms with Gasteiger partial charge in [0.05, 0.1) is 4.90 Å². The summed E-state index contributed by atoms with van der Waals surface area (Å²) in [6.07, 6.45) is 3.23. The molecule has 1 fully saturated rings. The predicted octanol–water partition coefficient (Wildman–Crippen LogP) is 1.93. The molecule has 20 heavy (non-hydrogen) atoms. The van der Waals surface area contributed by atoms with E-state index in [2.05, 4.69) is 10.0 Å². The van der Waals surface area contributed by atoms with Crippen LogP contribution in [-0.2, 0) is 16.6 Å². The summed E-state index contributed by atoms with van der Waals surface area (Å²) in [6, 6.07) is 2.91. The van der Waals surface area contributed by atoms with E-state index in [0.29, 0.717) is 24.6 Å². The SMILES string of the molecule is CNCc1cc(F)c(C)c(S(=O)(=O)NCCC2CC2)c1. The van der Waals surface area contributed by atoms with E-state index in [1.54, 1.807) is 7.05 Å². The minimum Gasteiger partial charge on any atom is -0.316 e. The van der Waals surface area contributed by atoms with E-state index < -0.39 is 15.8 Å². The zero-order chi connectivity index (χ0) is 14.8. The Kier molecular flexibility index (Phi) is 4.78. The summed E-state index contributed by atoms with van der Waals surface area (Å²) in [7, 11) is -1.90. The van der Waals surface area contributed by atoms with E-state index in [1.165, 1.54) is 31.9 Å². The van der Waals surface area contributed by atoms with Gasteiger partial charge in [0.25, 0.3) is 0 Å². The molecule has 0 saturated heterocycles. The summed E-state index contributed by atoms with van der Waals surface area (Å²) in [5.41, 5.74) is 0.793. The molecule has 0 amide bonds. The van der Waals surface area contributed by atoms with Crippen molar-refractivity contribution in [2.75, 3.05) is 13.6 Å². The number of sulfonamides is 1. The molecule has 0 heterocycles. The molecular weight excluding hydrogens is 279 g/mol. The van der Waals surface area contributed by atoms with Gasteiger partial charge < -0.3 is 5.32 Å². The Morgan fingerprint density at radius 1 is 1.35 bits per heavy atom. The summed E-state index contributed by atoms with van der Waals surface area (Å²) in [5, 5.41) is 2.89. The van der Waals surface area contributed by atoms with Crippen molar-refractivity contribution in [2.24, 2.45) is 5.92 Å². The van der Waals surface area contributed by atoms with Crippen LogP contribution < -0.4 is 10.0 Å². The molecule has 1 aliphatic rings. The molecule has 112 valence electrons. The van der Waals surface area contributed by atoms with Crippen molar-refractivity contribution in [1.29, 1.82) is 0 Å². The van der Waals surface area contributed by atoms with E-state index in [4.69, 9.17) is 0 Å². The molecule has 0 spiro atoms. The number of hydrogen-bond donors (Lipinski definition) is 2. The van der Waals surface area contributed by atoms with Crippen molar-refractivity contribution < 1.29 is 12.8 Å². The topological polar surface area (TPSA) is 58.2 Å². The Labute approximate surface area is 119 Å². The van der Waals surface area contributed by atoms with Crippen LogP contribution in [0.5, 0.6) is 0 Å². The van der Waals surface area contributed by atoms with Crippen LogP contribution in [0.1, 0.15) is 30.4 Å². The molecule has 0 radical (unpaired) electrons. The van der Waals surface area contributed by atoms with Gasteiger partial charge in [-0.25, -0.2) is 17.5 Å². The van der Waals surface area contributed by atoms with Crippen LogP contribution in [0.2, 0.25) is 0 Å². The van der Waals surface area contributed by atoms with Crippen LogP contribution in [0.25, 0.3) is 0 Å². The maximum absolute atomic E-state index is 13.8. The fourth-order valence-corrected chi connectivity index (χ4v) is 3.52. The maximum atomic E-state index is 13.8. The van der Waals surface area contributed by atoms with Gasteiger partial charge >= 0.3 is 0 Å². The highest BCUT2D eigenvalue weighted by atomic mass is 32.2. The van der Waals surface area contributed by atoms with Gasteiger partial charge in [-0.05, 0) is 44.0 Å². The molecule has 0 aromatic heterocycles. The van der Waals surface area contributed by atoms with Crippen LogP contribution in [0.15, 0.2) is 17.0 Å². The van der Waals surface area contributed by atoms with Crippen LogP contribution in [0, 0.1) is 18.7 Å². The molecule has 0 aliphatic heterocycles. The molecule has 2 N–H and O–H groups in total. The lowest BCUT2D eigenvalue weighted by atomic mass is 10.1. The van der Waals surface area contributed by atoms with Crippen molar-refractivity contribution in [3.05, 3.63) is 29.1 Å². The first-order chi connectivity index (χ1) is 9.44. The van der Waals surface area contributed by atoms with Crippen LogP contribution in [-0.4, -0.2) is 22.0 Å². The van der Waals surface area contributed by atoms with Crippen molar-refractivity contribution >= 4 is 10.0 Å². The molecule has 1 aromatic carbocycles. The van der Waals surface area contributed by atoms with Gasteiger partial charge in [-0.2, -0.15) is 0 Å². The van der Waals surface area contributed by atoms with Gasteiger partial charge in [-0.15, -0.1) is 0 Å². The first-order valence-corrected chi connectivity index (χ1v) is 8.35. The van der Waals surface area contributed by atoms with Gasteiger partial charge in [0.1, 0.15) is 5.82 Å². The molecule has 2 rings (SSSR count). The van der Waals surface area contributed by atoms with E-state index in [9.17, 15) is 12.8 Å². The van der Waals surface area contributed by atoms with E-state index in [1.807, 2.05) is 0 Å². The summed E-state index contributed by atoms with van der Waals surface area (Å²) < 4.78 is 40.9. The Bertz CT molecular complexity index is 583. The third kappa shape index (κ3) is 3.77. The average molecular weight is 300 g/mol. The maximum Gasteiger partial charge on any atom is 0.240 e. The molecule has 0 unspecified atom stereocenters. The lowest BCUT2D eigenvalue weighted by Gasteiger charge is -2.12. The first-order valence-electron chi connectivity index (χ1n) is 6.87. The second kappa shape index (κ2) is 6.20. The Balaban J connectivity index is 2.19. The first kappa shape index (κ1) is 15.4. The molecule has 1 aliphatic carbocycles. The van der Waals surface area contributed by atoms with Gasteiger partial charge in [-0.1, -0.05) is 12.8 Å². The number of halogens is 1. The molecule has 4 nitrogen and oxygen atoms in total. The smallest absolute Gasteiger partial charge is 0.240 e. The lowest BCUT2D eigenvalue weighted by molar-refractivity contribution is 0.568. The highest BCUT2D eigenvalue weighted by Gasteiger charge is 2.23. The van der Waals surface area contributed by atoms with Gasteiger partial charge in [0.2, 0.25) is 10.0 Å². The molecule has 1 saturated carbocycles. The zero-order valence-electron chi connectivity index (χ0n) is 11.9. The summed E-state index contributed by atoms with van der Waals surface area (Å²) in [4.78, 5) is 0.0403. The van der Waals surface area contributed by atoms with Gasteiger partial charge in [0.15, 0.2) is 0 Å². The number of nitrogens with one attached hydrogen (secondary N) is 2. The Morgan fingerprint density at radius 2 is 2.05 bits per heavy atom. The van der Waals surface area contributed by atoms with Crippen molar-refractivity contribution in [2.45, 2.75) is 37.6 Å². The van der Waals surface area contributed by atoms with E-state index in [0.717, 1.165) is 6.42 Å². The number of rotatable bonds is 7. The highest BCUT2D eigenvalue weighted by Crippen LogP contribution is 2.32. The molecule has 0 atom stereocenters. The van der Waals surface area contributed by atoms with Crippen LogP contribution >= 0.6 is 0 Å². The standard InChI is InChI=1S/C14H21FN2O2S/c1-10-13(15)7-12(9-16-2)8-14(10)20(18,19)17-6-5-11-3-4-11/h7-8,11,16-17H,3-6,9H2,1-2H3. The summed E-state index contributed by atoms with van der Waals surface area (Å²) in [5.74, 6) is 0.173. The molecule has 0 bridgehead atoms. The number of benzene rings is 1. The largest absolute Gasteiger partial charge is 0.316 e. The van der Waals surface area contributed by atoms with Crippen LogP contribution in [0.3, 0.4) is 0 Å². The lowest BCUT2D eigenvalue weighted by Crippen LogP contribution is -2.26. The normalized spacial score (nSPS) is 15.6. The Morgan fingerprint density at radius 3 is 2.65 bits per heavy atom. The quantitative estimate of drug-likeness (QED) is 0.809. The van der Waals surface area contributed by atoms with Gasteiger partial charge in [-0.3, -0.25) is 0 Å². The van der Waals surface area contributed by atoms with Crippen molar-refractivity contribution in [3.63, 3.8) is 0 Å². The minimum atomic E-state index is -3.64. The fourth-order valence-electron chi connectivity index (χ4n) is 2.17. The van der Waals surface area contributed by atoms with Crippen molar-refractivity contribution in [1.82, 2.24) is 10.0 Å². The fraction of sp³-hybridized carbons (Fsp3) is 0.571. The zero-order valence-corrected chi connectivity index (χ0v) is 12.7. The van der Waals surface area contributed by atoms with Crippen LogP contribution in [0.4, 0.5) is 4.39 Å². The second-order valence-corrected chi connectivity index (χ2v) is 7.10. The second-order valence-electron chi connectivity index (χ2n) is 5.36. The third-order valence-electron chi connectivity index (χ3n) is 3.57. The predicted molar refractivity (Wildman–Crippen MR) is 76.4 cm³/mol. The highest BCUT2D eigenvalue weighted by molar-refractivity contribution is 7.89. The summed E-state index contributed by atoms with van der Waals surface area (Å²) >= 11 is 0. The van der Waals surface area contributed by atoms with Crippen molar-refractivity contribution in [3.8, 4) is 0 Å². The summed E-state index contributed by atoms with van der Waals surface area (Å²) in [6.45, 7) is 2.35. The van der Waals surface area contributed by atoms with E-state index in [-0.39, 0.29) is 10.5 Å². The third-order valence-corrected chi connectivity index (χ3v) is 5.16.